The van der Waals surface area contributed by atoms with Crippen molar-refractivity contribution in [1.82, 2.24) is 10.2 Å². The van der Waals surface area contributed by atoms with E-state index in [1.54, 1.807) is 0 Å². The molecule has 0 amide bonds. The van der Waals surface area contributed by atoms with E-state index in [1.165, 1.54) is 4.90 Å². The molecule has 0 aliphatic carbocycles. The molecule has 1 saturated heterocycles. The molecule has 2 rings (SSSR count). The molecule has 0 bridgehead atoms. The summed E-state index contributed by atoms with van der Waals surface area (Å²) < 4.78 is 52.8. The Morgan fingerprint density at radius 3 is 2.30 bits per heavy atom. The van der Waals surface area contributed by atoms with Crippen molar-refractivity contribution < 1.29 is 22.7 Å². The molecular formula is C12H15ClF4N2O. The summed E-state index contributed by atoms with van der Waals surface area (Å²) in [6, 6.07) is 0.962. The fraction of sp³-hybridized carbons (Fsp3) is 0.500. The van der Waals surface area contributed by atoms with Crippen LogP contribution in [0, 0.1) is 5.82 Å². The molecule has 1 fully saturated rings. The van der Waals surface area contributed by atoms with E-state index in [2.05, 4.69) is 5.32 Å². The maximum atomic E-state index is 13.2. The molecule has 8 heteroatoms. The Bertz CT molecular complexity index is 450. The molecule has 1 aliphatic heterocycles. The van der Waals surface area contributed by atoms with Crippen molar-refractivity contribution in [2.75, 3.05) is 26.2 Å². The van der Waals surface area contributed by atoms with Gasteiger partial charge in [-0.05, 0) is 17.7 Å². The van der Waals surface area contributed by atoms with E-state index in [0.29, 0.717) is 13.1 Å². The summed E-state index contributed by atoms with van der Waals surface area (Å²) in [4.78, 5) is 1.27. The van der Waals surface area contributed by atoms with Gasteiger partial charge in [0.25, 0.3) is 0 Å². The van der Waals surface area contributed by atoms with Crippen LogP contribution in [0.4, 0.5) is 17.6 Å². The van der Waals surface area contributed by atoms with Gasteiger partial charge in [0.15, 0.2) is 11.6 Å². The Hall–Kier alpha value is -1.05. The summed E-state index contributed by atoms with van der Waals surface area (Å²) >= 11 is 0. The molecule has 1 aromatic rings. The molecular weight excluding hydrogens is 300 g/mol. The second-order valence-corrected chi connectivity index (χ2v) is 4.44. The predicted molar refractivity (Wildman–Crippen MR) is 68.6 cm³/mol. The Kier molecular flexibility index (Phi) is 5.61. The highest BCUT2D eigenvalue weighted by molar-refractivity contribution is 5.85. The molecule has 3 nitrogen and oxygen atoms in total. The van der Waals surface area contributed by atoms with Gasteiger partial charge in [0, 0.05) is 26.2 Å². The van der Waals surface area contributed by atoms with Crippen molar-refractivity contribution in [3.8, 4) is 5.75 Å². The van der Waals surface area contributed by atoms with Crippen LogP contribution < -0.4 is 5.32 Å². The standard InChI is InChI=1S/C12H14F4N2O.ClH/c13-9-7-8(1-2-10(9)19)11(12(14,15)16)18-5-3-17-4-6-18;/h1-2,7,11,17,19H,3-6H2;1H/t11-;/m1./s1. The van der Waals surface area contributed by atoms with Gasteiger partial charge in [-0.15, -0.1) is 12.4 Å². The minimum atomic E-state index is -4.49. The monoisotopic (exact) mass is 314 g/mol. The van der Waals surface area contributed by atoms with Crippen LogP contribution in [0.2, 0.25) is 0 Å². The third-order valence-electron chi connectivity index (χ3n) is 3.11. The number of hydrogen-bond donors (Lipinski definition) is 2. The number of rotatable bonds is 2. The lowest BCUT2D eigenvalue weighted by Gasteiger charge is -2.36. The Morgan fingerprint density at radius 2 is 1.80 bits per heavy atom. The van der Waals surface area contributed by atoms with Crippen molar-refractivity contribution >= 4 is 12.4 Å². The average Bonchev–Trinajstić information content (AvgIpc) is 2.34. The summed E-state index contributed by atoms with van der Waals surface area (Å²) in [7, 11) is 0. The molecule has 1 atom stereocenters. The van der Waals surface area contributed by atoms with Crippen molar-refractivity contribution in [2.24, 2.45) is 0 Å². The number of hydrogen-bond acceptors (Lipinski definition) is 3. The first-order valence-electron chi connectivity index (χ1n) is 5.89. The molecule has 0 saturated carbocycles. The first-order chi connectivity index (χ1) is 8.89. The number of nitrogens with one attached hydrogen (secondary N) is 1. The molecule has 0 aromatic heterocycles. The molecule has 1 heterocycles. The summed E-state index contributed by atoms with van der Waals surface area (Å²) in [6.07, 6.45) is -4.49. The fourth-order valence-corrected chi connectivity index (χ4v) is 2.24. The lowest BCUT2D eigenvalue weighted by Crippen LogP contribution is -2.49. The van der Waals surface area contributed by atoms with E-state index in [9.17, 15) is 17.6 Å². The zero-order valence-electron chi connectivity index (χ0n) is 10.5. The SMILES string of the molecule is Cl.Oc1ccc([C@@H](N2CCNCC2)C(F)(F)F)cc1F. The quantitative estimate of drug-likeness (QED) is 0.823. The van der Waals surface area contributed by atoms with Crippen LogP contribution >= 0.6 is 12.4 Å². The fourth-order valence-electron chi connectivity index (χ4n) is 2.24. The Labute approximate surface area is 120 Å². The molecule has 2 N–H and O–H groups in total. The molecule has 0 radical (unpaired) electrons. The number of nitrogens with zero attached hydrogens (tertiary/aromatic N) is 1. The maximum Gasteiger partial charge on any atom is 0.408 e. The zero-order chi connectivity index (χ0) is 14.0. The molecule has 1 aromatic carbocycles. The Balaban J connectivity index is 0.00000200. The minimum absolute atomic E-state index is 0. The number of phenolic OH excluding ortho intramolecular Hbond substituents is 1. The van der Waals surface area contributed by atoms with E-state index >= 15 is 0 Å². The zero-order valence-corrected chi connectivity index (χ0v) is 11.3. The topological polar surface area (TPSA) is 35.5 Å². The number of alkyl halides is 3. The second-order valence-electron chi connectivity index (χ2n) is 4.44. The van der Waals surface area contributed by atoms with Crippen LogP contribution in [0.25, 0.3) is 0 Å². The van der Waals surface area contributed by atoms with E-state index in [1.807, 2.05) is 0 Å². The van der Waals surface area contributed by atoms with E-state index in [4.69, 9.17) is 5.11 Å². The van der Waals surface area contributed by atoms with Gasteiger partial charge in [-0.2, -0.15) is 13.2 Å². The number of piperazine rings is 1. The number of phenols is 1. The van der Waals surface area contributed by atoms with Crippen LogP contribution in [0.3, 0.4) is 0 Å². The van der Waals surface area contributed by atoms with Gasteiger partial charge in [0.2, 0.25) is 0 Å². The minimum Gasteiger partial charge on any atom is -0.505 e. The van der Waals surface area contributed by atoms with Crippen molar-refractivity contribution in [3.05, 3.63) is 29.6 Å². The van der Waals surface area contributed by atoms with Crippen LogP contribution in [-0.2, 0) is 0 Å². The highest BCUT2D eigenvalue weighted by atomic mass is 35.5. The highest BCUT2D eigenvalue weighted by Crippen LogP contribution is 2.38. The van der Waals surface area contributed by atoms with Crippen LogP contribution in [-0.4, -0.2) is 42.4 Å². The lowest BCUT2D eigenvalue weighted by molar-refractivity contribution is -0.187. The van der Waals surface area contributed by atoms with Crippen LogP contribution in [0.15, 0.2) is 18.2 Å². The van der Waals surface area contributed by atoms with E-state index in [0.717, 1.165) is 18.2 Å². The molecule has 114 valence electrons. The van der Waals surface area contributed by atoms with Gasteiger partial charge in [-0.25, -0.2) is 4.39 Å². The number of halogens is 5. The van der Waals surface area contributed by atoms with Crippen LogP contribution in [0.5, 0.6) is 5.75 Å². The normalized spacial score (nSPS) is 18.4. The number of benzene rings is 1. The van der Waals surface area contributed by atoms with E-state index < -0.39 is 23.8 Å². The summed E-state index contributed by atoms with van der Waals surface area (Å²) in [5.74, 6) is -1.69. The predicted octanol–water partition coefficient (Wildman–Crippen LogP) is 2.46. The van der Waals surface area contributed by atoms with Gasteiger partial charge < -0.3 is 10.4 Å². The highest BCUT2D eigenvalue weighted by Gasteiger charge is 2.45. The first-order valence-corrected chi connectivity index (χ1v) is 5.89. The van der Waals surface area contributed by atoms with E-state index in [-0.39, 0.29) is 31.1 Å². The Morgan fingerprint density at radius 1 is 1.20 bits per heavy atom. The van der Waals surface area contributed by atoms with Crippen LogP contribution in [0.1, 0.15) is 11.6 Å². The first kappa shape index (κ1) is 17.0. The summed E-state index contributed by atoms with van der Waals surface area (Å²) in [5, 5.41) is 12.0. The largest absolute Gasteiger partial charge is 0.505 e. The van der Waals surface area contributed by atoms with Gasteiger partial charge in [-0.1, -0.05) is 6.07 Å². The smallest absolute Gasteiger partial charge is 0.408 e. The molecule has 0 unspecified atom stereocenters. The third-order valence-corrected chi connectivity index (χ3v) is 3.11. The second kappa shape index (κ2) is 6.60. The maximum absolute atomic E-state index is 13.2. The van der Waals surface area contributed by atoms with Gasteiger partial charge in [-0.3, -0.25) is 4.90 Å². The van der Waals surface area contributed by atoms with Gasteiger partial charge in [0.1, 0.15) is 6.04 Å². The summed E-state index contributed by atoms with van der Waals surface area (Å²) in [5.41, 5.74) is -0.190. The van der Waals surface area contributed by atoms with Gasteiger partial charge >= 0.3 is 6.18 Å². The van der Waals surface area contributed by atoms with Crippen molar-refractivity contribution in [3.63, 3.8) is 0 Å². The molecule has 0 spiro atoms. The van der Waals surface area contributed by atoms with Gasteiger partial charge in [0.05, 0.1) is 0 Å². The third kappa shape index (κ3) is 3.74. The summed E-state index contributed by atoms with van der Waals surface area (Å²) in [6.45, 7) is 1.42. The average molecular weight is 315 g/mol. The van der Waals surface area contributed by atoms with Crippen molar-refractivity contribution in [1.29, 1.82) is 0 Å². The number of aromatic hydroxyl groups is 1. The lowest BCUT2D eigenvalue weighted by atomic mass is 10.0. The molecule has 20 heavy (non-hydrogen) atoms. The van der Waals surface area contributed by atoms with Crippen molar-refractivity contribution in [2.45, 2.75) is 12.2 Å². The molecule has 1 aliphatic rings.